The van der Waals surface area contributed by atoms with Crippen LogP contribution in [0.3, 0.4) is 0 Å². The summed E-state index contributed by atoms with van der Waals surface area (Å²) in [6.07, 6.45) is 4.73. The molecule has 136 valence electrons. The molecule has 1 saturated heterocycles. The minimum atomic E-state index is -0.232. The van der Waals surface area contributed by atoms with Gasteiger partial charge in [-0.15, -0.1) is 0 Å². The van der Waals surface area contributed by atoms with E-state index in [0.717, 1.165) is 29.7 Å². The highest BCUT2D eigenvalue weighted by Gasteiger charge is 2.21. The van der Waals surface area contributed by atoms with E-state index in [2.05, 4.69) is 10.3 Å². The number of oxazole rings is 1. The van der Waals surface area contributed by atoms with Gasteiger partial charge in [-0.25, -0.2) is 4.98 Å². The third-order valence-electron chi connectivity index (χ3n) is 4.47. The Balaban J connectivity index is 1.40. The topological polar surface area (TPSA) is 75.4 Å². The summed E-state index contributed by atoms with van der Waals surface area (Å²) in [7, 11) is 0. The van der Waals surface area contributed by atoms with E-state index in [1.54, 1.807) is 30.0 Å². The van der Waals surface area contributed by atoms with Gasteiger partial charge in [-0.05, 0) is 42.3 Å². The molecule has 0 unspecified atom stereocenters. The number of rotatable bonds is 4. The van der Waals surface area contributed by atoms with Crippen LogP contribution < -0.4 is 10.2 Å². The lowest BCUT2D eigenvalue weighted by molar-refractivity contribution is -0.117. The largest absolute Gasteiger partial charge is 0.441 e. The molecule has 0 spiro atoms. The Hall–Kier alpha value is -3.41. The van der Waals surface area contributed by atoms with Crippen LogP contribution in [0.5, 0.6) is 0 Å². The smallest absolute Gasteiger partial charge is 0.248 e. The van der Waals surface area contributed by atoms with Crippen molar-refractivity contribution in [2.75, 3.05) is 16.8 Å². The summed E-state index contributed by atoms with van der Waals surface area (Å²) in [4.78, 5) is 30.0. The number of benzene rings is 2. The number of carbonyl (C=O) groups excluding carboxylic acids is 2. The molecular weight excluding hydrogens is 342 g/mol. The third kappa shape index (κ3) is 3.74. The molecule has 2 amide bonds. The zero-order valence-corrected chi connectivity index (χ0v) is 14.9. The standard InChI is InChI=1S/C21H19N3O3/c1-14-22-18-10-7-16(13-19(18)27-14)23-20(25)11-6-15-4-8-17(9-5-15)24-12-2-3-21(24)26/h4-11,13H,2-3,12H2,1H3,(H,23,25). The highest BCUT2D eigenvalue weighted by Crippen LogP contribution is 2.22. The molecule has 1 aliphatic heterocycles. The maximum absolute atomic E-state index is 12.1. The lowest BCUT2D eigenvalue weighted by Crippen LogP contribution is -2.23. The summed E-state index contributed by atoms with van der Waals surface area (Å²) in [5.41, 5.74) is 3.84. The van der Waals surface area contributed by atoms with Gasteiger partial charge in [0.1, 0.15) is 5.52 Å². The number of fused-ring (bicyclic) bond motifs is 1. The van der Waals surface area contributed by atoms with Gasteiger partial charge < -0.3 is 14.6 Å². The fourth-order valence-corrected chi connectivity index (χ4v) is 3.16. The highest BCUT2D eigenvalue weighted by atomic mass is 16.3. The molecule has 6 nitrogen and oxygen atoms in total. The summed E-state index contributed by atoms with van der Waals surface area (Å²) in [5.74, 6) is 0.522. The fraction of sp³-hybridized carbons (Fsp3) is 0.190. The Kier molecular flexibility index (Phi) is 4.46. The summed E-state index contributed by atoms with van der Waals surface area (Å²) < 4.78 is 5.47. The molecule has 1 aliphatic rings. The molecule has 27 heavy (non-hydrogen) atoms. The first-order chi connectivity index (χ1) is 13.1. The molecule has 2 aromatic carbocycles. The molecule has 4 rings (SSSR count). The normalized spacial score (nSPS) is 14.4. The highest BCUT2D eigenvalue weighted by molar-refractivity contribution is 6.02. The van der Waals surface area contributed by atoms with Crippen molar-refractivity contribution in [3.8, 4) is 0 Å². The van der Waals surface area contributed by atoms with Gasteiger partial charge >= 0.3 is 0 Å². The average molecular weight is 361 g/mol. The predicted octanol–water partition coefficient (Wildman–Crippen LogP) is 3.91. The van der Waals surface area contributed by atoms with Crippen LogP contribution in [0.4, 0.5) is 11.4 Å². The lowest BCUT2D eigenvalue weighted by atomic mass is 10.2. The fourth-order valence-electron chi connectivity index (χ4n) is 3.16. The number of anilines is 2. The number of nitrogens with one attached hydrogen (secondary N) is 1. The minimum Gasteiger partial charge on any atom is -0.441 e. The van der Waals surface area contributed by atoms with Gasteiger partial charge in [-0.2, -0.15) is 0 Å². The van der Waals surface area contributed by atoms with Crippen LogP contribution in [0.15, 0.2) is 53.0 Å². The van der Waals surface area contributed by atoms with E-state index in [1.807, 2.05) is 30.3 Å². The predicted molar refractivity (Wildman–Crippen MR) is 104 cm³/mol. The van der Waals surface area contributed by atoms with E-state index < -0.39 is 0 Å². The zero-order valence-electron chi connectivity index (χ0n) is 14.9. The number of nitrogens with zero attached hydrogens (tertiary/aromatic N) is 2. The molecule has 1 N–H and O–H groups in total. The van der Waals surface area contributed by atoms with Crippen molar-refractivity contribution in [1.29, 1.82) is 0 Å². The minimum absolute atomic E-state index is 0.164. The quantitative estimate of drug-likeness (QED) is 0.715. The van der Waals surface area contributed by atoms with Gasteiger partial charge in [-0.1, -0.05) is 12.1 Å². The van der Waals surface area contributed by atoms with Gasteiger partial charge in [0.2, 0.25) is 11.8 Å². The third-order valence-corrected chi connectivity index (χ3v) is 4.47. The van der Waals surface area contributed by atoms with E-state index in [4.69, 9.17) is 4.42 Å². The van der Waals surface area contributed by atoms with Gasteiger partial charge in [0.25, 0.3) is 0 Å². The van der Waals surface area contributed by atoms with Crippen LogP contribution in [0.25, 0.3) is 17.2 Å². The molecule has 1 fully saturated rings. The van der Waals surface area contributed by atoms with Gasteiger partial charge in [0, 0.05) is 43.4 Å². The van der Waals surface area contributed by atoms with E-state index in [0.29, 0.717) is 23.6 Å². The van der Waals surface area contributed by atoms with Crippen LogP contribution in [-0.4, -0.2) is 23.3 Å². The van der Waals surface area contributed by atoms with Crippen molar-refractivity contribution in [2.45, 2.75) is 19.8 Å². The van der Waals surface area contributed by atoms with Gasteiger partial charge in [-0.3, -0.25) is 9.59 Å². The molecule has 0 radical (unpaired) electrons. The summed E-state index contributed by atoms with van der Waals surface area (Å²) >= 11 is 0. The summed E-state index contributed by atoms with van der Waals surface area (Å²) in [6, 6.07) is 13.0. The van der Waals surface area contributed by atoms with Crippen molar-refractivity contribution in [3.05, 3.63) is 60.0 Å². The van der Waals surface area contributed by atoms with Crippen molar-refractivity contribution >= 4 is 40.4 Å². The molecular formula is C21H19N3O3. The van der Waals surface area contributed by atoms with Crippen molar-refractivity contribution in [3.63, 3.8) is 0 Å². The monoisotopic (exact) mass is 361 g/mol. The second kappa shape index (κ2) is 7.07. The van der Waals surface area contributed by atoms with Crippen LogP contribution in [0.1, 0.15) is 24.3 Å². The molecule has 0 saturated carbocycles. The van der Waals surface area contributed by atoms with Crippen LogP contribution in [-0.2, 0) is 9.59 Å². The Morgan fingerprint density at radius 3 is 2.78 bits per heavy atom. The number of hydrogen-bond acceptors (Lipinski definition) is 4. The molecule has 0 atom stereocenters. The lowest BCUT2D eigenvalue weighted by Gasteiger charge is -2.15. The number of hydrogen-bond donors (Lipinski definition) is 1. The maximum atomic E-state index is 12.1. The Morgan fingerprint density at radius 2 is 2.04 bits per heavy atom. The summed E-state index contributed by atoms with van der Waals surface area (Å²) in [5, 5.41) is 2.81. The number of aryl methyl sites for hydroxylation is 1. The number of aromatic nitrogens is 1. The Morgan fingerprint density at radius 1 is 1.22 bits per heavy atom. The maximum Gasteiger partial charge on any atom is 0.248 e. The van der Waals surface area contributed by atoms with E-state index in [9.17, 15) is 9.59 Å². The summed E-state index contributed by atoms with van der Waals surface area (Å²) in [6.45, 7) is 2.55. The van der Waals surface area contributed by atoms with Crippen molar-refractivity contribution < 1.29 is 14.0 Å². The van der Waals surface area contributed by atoms with E-state index in [1.165, 1.54) is 6.08 Å². The average Bonchev–Trinajstić information content (AvgIpc) is 3.24. The SMILES string of the molecule is Cc1nc2ccc(NC(=O)C=Cc3ccc(N4CCCC4=O)cc3)cc2o1. The molecule has 1 aromatic heterocycles. The molecule has 0 aliphatic carbocycles. The number of carbonyl (C=O) groups is 2. The van der Waals surface area contributed by atoms with Crippen LogP contribution in [0, 0.1) is 6.92 Å². The Labute approximate surface area is 156 Å². The zero-order chi connectivity index (χ0) is 18.8. The van der Waals surface area contributed by atoms with E-state index in [-0.39, 0.29) is 11.8 Å². The molecule has 6 heteroatoms. The van der Waals surface area contributed by atoms with Crippen LogP contribution in [0.2, 0.25) is 0 Å². The first kappa shape index (κ1) is 17.0. The molecule has 3 aromatic rings. The van der Waals surface area contributed by atoms with Crippen molar-refractivity contribution in [2.24, 2.45) is 0 Å². The van der Waals surface area contributed by atoms with Gasteiger partial charge in [0.05, 0.1) is 0 Å². The van der Waals surface area contributed by atoms with Gasteiger partial charge in [0.15, 0.2) is 11.5 Å². The first-order valence-electron chi connectivity index (χ1n) is 8.85. The Bertz CT molecular complexity index is 1030. The van der Waals surface area contributed by atoms with E-state index >= 15 is 0 Å². The molecule has 0 bridgehead atoms. The second-order valence-electron chi connectivity index (χ2n) is 6.48. The first-order valence-corrected chi connectivity index (χ1v) is 8.85. The van der Waals surface area contributed by atoms with Crippen molar-refractivity contribution in [1.82, 2.24) is 4.98 Å². The second-order valence-corrected chi connectivity index (χ2v) is 6.48. The molecule has 2 heterocycles. The van der Waals surface area contributed by atoms with Crippen LogP contribution >= 0.6 is 0 Å². The number of amides is 2.